The standard InChI is InChI=1S/C34H45Cl2IN2O5/c1-2-3-4-5-6-7-8-9-10-15-32(41)39(23-24-16-17-26(35)22-27(24)36)29-20-25(34(43)38-18-19-40)21-31(33(29)42)44-30-14-12-11-13-28(30)37/h11-14,16-17,21-22,29,31,33,40,42H,2-10,15,18-20,23H2,1H3,(H,38,43)/t29-,31+,33+/m1/s1. The highest BCUT2D eigenvalue weighted by atomic mass is 127. The number of nitrogens with one attached hydrogen (secondary N) is 1. The summed E-state index contributed by atoms with van der Waals surface area (Å²) in [4.78, 5) is 28.6. The van der Waals surface area contributed by atoms with Crippen LogP contribution >= 0.6 is 45.8 Å². The van der Waals surface area contributed by atoms with Crippen LogP contribution in [0.4, 0.5) is 0 Å². The summed E-state index contributed by atoms with van der Waals surface area (Å²) in [6.07, 6.45) is 10.3. The molecule has 0 unspecified atom stereocenters. The minimum absolute atomic E-state index is 0.0904. The number of amides is 2. The van der Waals surface area contributed by atoms with E-state index in [1.165, 1.54) is 32.1 Å². The van der Waals surface area contributed by atoms with Crippen LogP contribution in [0.1, 0.15) is 83.1 Å². The second kappa shape index (κ2) is 19.6. The number of unbranched alkanes of at least 4 members (excludes halogenated alkanes) is 8. The minimum atomic E-state index is -1.11. The Morgan fingerprint density at radius 2 is 1.70 bits per heavy atom. The number of halogens is 3. The van der Waals surface area contributed by atoms with Crippen molar-refractivity contribution in [3.8, 4) is 5.75 Å². The average Bonchev–Trinajstić information content (AvgIpc) is 3.00. The van der Waals surface area contributed by atoms with Gasteiger partial charge in [-0.2, -0.15) is 0 Å². The van der Waals surface area contributed by atoms with E-state index in [0.29, 0.717) is 33.4 Å². The topological polar surface area (TPSA) is 99.1 Å². The molecule has 44 heavy (non-hydrogen) atoms. The molecule has 2 amide bonds. The first-order valence-corrected chi connectivity index (χ1v) is 17.5. The van der Waals surface area contributed by atoms with Crippen molar-refractivity contribution in [2.24, 2.45) is 0 Å². The van der Waals surface area contributed by atoms with Crippen molar-refractivity contribution in [2.45, 2.75) is 102 Å². The van der Waals surface area contributed by atoms with E-state index in [4.69, 9.17) is 27.9 Å². The summed E-state index contributed by atoms with van der Waals surface area (Å²) in [6, 6.07) is 11.8. The van der Waals surface area contributed by atoms with Gasteiger partial charge in [-0.05, 0) is 64.9 Å². The Kier molecular flexibility index (Phi) is 16.3. The third-order valence-corrected chi connectivity index (χ3v) is 9.36. The van der Waals surface area contributed by atoms with Crippen LogP contribution < -0.4 is 10.1 Å². The predicted octanol–water partition coefficient (Wildman–Crippen LogP) is 7.46. The maximum absolute atomic E-state index is 13.9. The fourth-order valence-corrected chi connectivity index (χ4v) is 6.40. The highest BCUT2D eigenvalue weighted by molar-refractivity contribution is 14.1. The molecule has 0 heterocycles. The number of para-hydroxylation sites is 1. The molecule has 3 N–H and O–H groups in total. The van der Waals surface area contributed by atoms with E-state index in [2.05, 4.69) is 34.8 Å². The van der Waals surface area contributed by atoms with Crippen LogP contribution in [0, 0.1) is 3.57 Å². The van der Waals surface area contributed by atoms with Crippen molar-refractivity contribution in [3.63, 3.8) is 0 Å². The third kappa shape index (κ3) is 11.5. The number of aliphatic hydroxyl groups excluding tert-OH is 2. The van der Waals surface area contributed by atoms with Crippen molar-refractivity contribution >= 4 is 57.6 Å². The lowest BCUT2D eigenvalue weighted by Crippen LogP contribution is -2.54. The Morgan fingerprint density at radius 3 is 2.36 bits per heavy atom. The Hall–Kier alpha value is -1.85. The molecular formula is C34H45Cl2IN2O5. The summed E-state index contributed by atoms with van der Waals surface area (Å²) in [7, 11) is 0. The van der Waals surface area contributed by atoms with Gasteiger partial charge in [0.1, 0.15) is 18.0 Å². The molecule has 0 aromatic heterocycles. The van der Waals surface area contributed by atoms with Gasteiger partial charge in [0.05, 0.1) is 16.2 Å². The van der Waals surface area contributed by atoms with Crippen LogP contribution in [0.15, 0.2) is 54.1 Å². The SMILES string of the molecule is CCCCCCCCCCCC(=O)N(Cc1ccc(Cl)cc1Cl)[C@@H]1CC(C(=O)NCCO)=C[C@H](Oc2ccccc2I)[C@H]1O. The lowest BCUT2D eigenvalue weighted by atomic mass is 9.87. The molecule has 2 aromatic rings. The van der Waals surface area contributed by atoms with Crippen LogP contribution in [0.25, 0.3) is 0 Å². The Morgan fingerprint density at radius 1 is 1.02 bits per heavy atom. The van der Waals surface area contributed by atoms with Crippen molar-refractivity contribution in [1.82, 2.24) is 10.2 Å². The number of carbonyl (C=O) groups excluding carboxylic acids is 2. The van der Waals surface area contributed by atoms with Crippen LogP contribution in [0.2, 0.25) is 10.0 Å². The number of carbonyl (C=O) groups is 2. The molecule has 1 aliphatic rings. The molecule has 3 rings (SSSR count). The van der Waals surface area contributed by atoms with Gasteiger partial charge in [0, 0.05) is 41.5 Å². The molecule has 2 aromatic carbocycles. The van der Waals surface area contributed by atoms with Crippen molar-refractivity contribution < 1.29 is 24.5 Å². The van der Waals surface area contributed by atoms with Gasteiger partial charge < -0.3 is 25.2 Å². The zero-order chi connectivity index (χ0) is 31.9. The second-order valence-corrected chi connectivity index (χ2v) is 13.3. The van der Waals surface area contributed by atoms with E-state index in [9.17, 15) is 19.8 Å². The Labute approximate surface area is 285 Å². The van der Waals surface area contributed by atoms with E-state index >= 15 is 0 Å². The van der Waals surface area contributed by atoms with Crippen LogP contribution in [-0.4, -0.2) is 58.3 Å². The number of nitrogens with zero attached hydrogens (tertiary/aromatic N) is 1. The summed E-state index contributed by atoms with van der Waals surface area (Å²) in [5, 5.41) is 24.6. The van der Waals surface area contributed by atoms with Gasteiger partial charge in [-0.1, -0.05) is 99.7 Å². The van der Waals surface area contributed by atoms with Crippen LogP contribution in [0.3, 0.4) is 0 Å². The summed E-state index contributed by atoms with van der Waals surface area (Å²) in [6.45, 7) is 2.25. The fourth-order valence-electron chi connectivity index (χ4n) is 5.42. The van der Waals surface area contributed by atoms with E-state index < -0.39 is 18.2 Å². The molecule has 242 valence electrons. The van der Waals surface area contributed by atoms with Gasteiger partial charge in [-0.25, -0.2) is 0 Å². The van der Waals surface area contributed by atoms with E-state index in [1.54, 1.807) is 35.2 Å². The molecular weight excluding hydrogens is 714 g/mol. The number of benzene rings is 2. The first-order valence-electron chi connectivity index (χ1n) is 15.7. The first-order chi connectivity index (χ1) is 21.2. The van der Waals surface area contributed by atoms with E-state index in [0.717, 1.165) is 29.3 Å². The van der Waals surface area contributed by atoms with Gasteiger partial charge in [0.25, 0.3) is 0 Å². The quantitative estimate of drug-likeness (QED) is 0.108. The van der Waals surface area contributed by atoms with Crippen molar-refractivity contribution in [1.29, 1.82) is 0 Å². The summed E-state index contributed by atoms with van der Waals surface area (Å²) < 4.78 is 7.10. The number of hydrogen-bond donors (Lipinski definition) is 3. The molecule has 3 atom stereocenters. The smallest absolute Gasteiger partial charge is 0.247 e. The molecule has 0 bridgehead atoms. The molecule has 0 spiro atoms. The van der Waals surface area contributed by atoms with Gasteiger partial charge in [-0.3, -0.25) is 9.59 Å². The molecule has 0 fully saturated rings. The zero-order valence-electron chi connectivity index (χ0n) is 25.5. The Bertz CT molecular complexity index is 1240. The molecule has 10 heteroatoms. The van der Waals surface area contributed by atoms with Gasteiger partial charge in [-0.15, -0.1) is 0 Å². The highest BCUT2D eigenvalue weighted by Crippen LogP contribution is 2.32. The lowest BCUT2D eigenvalue weighted by molar-refractivity contribution is -0.139. The lowest BCUT2D eigenvalue weighted by Gasteiger charge is -2.41. The Balaban J connectivity index is 1.82. The maximum Gasteiger partial charge on any atom is 0.247 e. The molecule has 1 aliphatic carbocycles. The van der Waals surface area contributed by atoms with E-state index in [-0.39, 0.29) is 37.9 Å². The monoisotopic (exact) mass is 758 g/mol. The fraction of sp³-hybridized carbons (Fsp3) is 0.529. The van der Waals surface area contributed by atoms with Crippen molar-refractivity contribution in [2.75, 3.05) is 13.2 Å². The molecule has 0 radical (unpaired) electrons. The van der Waals surface area contributed by atoms with Crippen LogP contribution in [0.5, 0.6) is 5.75 Å². The molecule has 0 saturated carbocycles. The second-order valence-electron chi connectivity index (χ2n) is 11.3. The van der Waals surface area contributed by atoms with Gasteiger partial charge in [0.2, 0.25) is 11.8 Å². The zero-order valence-corrected chi connectivity index (χ0v) is 29.1. The summed E-state index contributed by atoms with van der Waals surface area (Å²) in [5.74, 6) is 0.0775. The average molecular weight is 760 g/mol. The van der Waals surface area contributed by atoms with Crippen LogP contribution in [-0.2, 0) is 16.1 Å². The van der Waals surface area contributed by atoms with Crippen molar-refractivity contribution in [3.05, 3.63) is 73.3 Å². The number of aliphatic hydroxyl groups is 2. The molecule has 7 nitrogen and oxygen atoms in total. The van der Waals surface area contributed by atoms with Gasteiger partial charge >= 0.3 is 0 Å². The van der Waals surface area contributed by atoms with Gasteiger partial charge in [0.15, 0.2) is 0 Å². The molecule has 0 saturated heterocycles. The highest BCUT2D eigenvalue weighted by Gasteiger charge is 2.40. The largest absolute Gasteiger partial charge is 0.482 e. The minimum Gasteiger partial charge on any atom is -0.482 e. The maximum atomic E-state index is 13.9. The van der Waals surface area contributed by atoms with E-state index in [1.807, 2.05) is 18.2 Å². The molecule has 0 aliphatic heterocycles. The summed E-state index contributed by atoms with van der Waals surface area (Å²) >= 11 is 14.8. The first kappa shape index (κ1) is 36.6. The number of rotatable bonds is 18. The number of ether oxygens (including phenoxy) is 1. The predicted molar refractivity (Wildman–Crippen MR) is 185 cm³/mol. The summed E-state index contributed by atoms with van der Waals surface area (Å²) in [5.41, 5.74) is 1.08. The third-order valence-electron chi connectivity index (χ3n) is 7.88. The normalized spacial score (nSPS) is 18.0. The number of hydrogen-bond acceptors (Lipinski definition) is 5.